The predicted molar refractivity (Wildman–Crippen MR) is 82.3 cm³/mol. The number of aromatic amines is 1. The highest BCUT2D eigenvalue weighted by atomic mass is 14.8. The van der Waals surface area contributed by atoms with Crippen LogP contribution >= 0.6 is 0 Å². The summed E-state index contributed by atoms with van der Waals surface area (Å²) in [7, 11) is 0. The van der Waals surface area contributed by atoms with Crippen LogP contribution in [0.25, 0.3) is 34.2 Å². The maximum atomic E-state index is 4.72. The topological polar surface area (TPSA) is 28.1 Å². The van der Waals surface area contributed by atoms with Gasteiger partial charge in [-0.2, -0.15) is 0 Å². The van der Waals surface area contributed by atoms with Gasteiger partial charge < -0.3 is 4.98 Å². The fraction of sp³-hybridized carbons (Fsp3) is 0.0556. The van der Waals surface area contributed by atoms with Gasteiger partial charge in [-0.3, -0.25) is 0 Å². The summed E-state index contributed by atoms with van der Waals surface area (Å²) in [5.41, 5.74) is 6.06. The SMILES string of the molecule is C1=Cc2c([nH]c3c4c(ccc23)=Nc2ccccc2-4)=CC1. The summed E-state index contributed by atoms with van der Waals surface area (Å²) in [4.78, 5) is 8.31. The largest absolute Gasteiger partial charge is 0.354 e. The fourth-order valence-electron chi connectivity index (χ4n) is 3.28. The van der Waals surface area contributed by atoms with E-state index in [0.29, 0.717) is 0 Å². The van der Waals surface area contributed by atoms with E-state index in [1.54, 1.807) is 0 Å². The number of para-hydroxylation sites is 1. The highest BCUT2D eigenvalue weighted by Crippen LogP contribution is 2.36. The molecule has 2 nitrogen and oxygen atoms in total. The smallest absolute Gasteiger partial charge is 0.0737 e. The van der Waals surface area contributed by atoms with Gasteiger partial charge in [-0.05, 0) is 18.6 Å². The van der Waals surface area contributed by atoms with Crippen molar-refractivity contribution < 1.29 is 0 Å². The summed E-state index contributed by atoms with van der Waals surface area (Å²) >= 11 is 0. The molecule has 3 aromatic rings. The van der Waals surface area contributed by atoms with Crippen molar-refractivity contribution in [1.29, 1.82) is 0 Å². The lowest BCUT2D eigenvalue weighted by Gasteiger charge is -2.01. The number of nitrogens with zero attached hydrogens (tertiary/aromatic N) is 1. The minimum Gasteiger partial charge on any atom is -0.354 e. The molecule has 2 heteroatoms. The third-order valence-corrected chi connectivity index (χ3v) is 4.18. The highest BCUT2D eigenvalue weighted by molar-refractivity contribution is 6.02. The Bertz CT molecular complexity index is 1020. The molecule has 1 aliphatic carbocycles. The molecular formula is C18H12N2. The number of rotatable bonds is 0. The average molecular weight is 256 g/mol. The van der Waals surface area contributed by atoms with Crippen molar-refractivity contribution in [2.75, 3.05) is 0 Å². The van der Waals surface area contributed by atoms with Crippen molar-refractivity contribution in [3.63, 3.8) is 0 Å². The number of nitrogens with one attached hydrogen (secondary N) is 1. The molecule has 2 heterocycles. The Balaban J connectivity index is 2.00. The molecular weight excluding hydrogens is 244 g/mol. The van der Waals surface area contributed by atoms with E-state index in [-0.39, 0.29) is 0 Å². The third kappa shape index (κ3) is 1.16. The normalized spacial score (nSPS) is 14.4. The molecule has 0 radical (unpaired) electrons. The van der Waals surface area contributed by atoms with Gasteiger partial charge in [0.05, 0.1) is 16.6 Å². The number of fused-ring (bicyclic) bond motifs is 7. The van der Waals surface area contributed by atoms with Gasteiger partial charge in [-0.15, -0.1) is 0 Å². The Hall–Kier alpha value is -2.61. The van der Waals surface area contributed by atoms with Crippen LogP contribution < -0.4 is 10.7 Å². The Morgan fingerprint density at radius 3 is 3.00 bits per heavy atom. The van der Waals surface area contributed by atoms with Gasteiger partial charge in [0.15, 0.2) is 0 Å². The first-order chi connectivity index (χ1) is 9.92. The van der Waals surface area contributed by atoms with Crippen LogP contribution in [0.3, 0.4) is 0 Å². The van der Waals surface area contributed by atoms with Gasteiger partial charge in [0.2, 0.25) is 0 Å². The molecule has 0 unspecified atom stereocenters. The molecule has 2 aromatic carbocycles. The summed E-state index contributed by atoms with van der Waals surface area (Å²) in [6, 6.07) is 12.7. The van der Waals surface area contributed by atoms with E-state index in [1.165, 1.54) is 32.9 Å². The molecule has 1 aliphatic heterocycles. The first kappa shape index (κ1) is 10.2. The first-order valence-electron chi connectivity index (χ1n) is 6.91. The maximum Gasteiger partial charge on any atom is 0.0737 e. The molecule has 1 aromatic heterocycles. The molecule has 0 saturated carbocycles. The molecule has 0 spiro atoms. The Kier molecular flexibility index (Phi) is 1.78. The number of aromatic nitrogens is 1. The van der Waals surface area contributed by atoms with E-state index in [2.05, 4.69) is 53.5 Å². The van der Waals surface area contributed by atoms with Gasteiger partial charge >= 0.3 is 0 Å². The van der Waals surface area contributed by atoms with E-state index < -0.39 is 0 Å². The van der Waals surface area contributed by atoms with Crippen LogP contribution in [0.1, 0.15) is 12.0 Å². The summed E-state index contributed by atoms with van der Waals surface area (Å²) < 4.78 is 0. The predicted octanol–water partition coefficient (Wildman–Crippen LogP) is 3.30. The van der Waals surface area contributed by atoms with E-state index in [0.717, 1.165) is 17.5 Å². The zero-order valence-electron chi connectivity index (χ0n) is 10.9. The lowest BCUT2D eigenvalue weighted by molar-refractivity contribution is 1.31. The van der Waals surface area contributed by atoms with Crippen LogP contribution in [-0.4, -0.2) is 4.98 Å². The lowest BCUT2D eigenvalue weighted by Crippen LogP contribution is -2.06. The molecule has 20 heavy (non-hydrogen) atoms. The van der Waals surface area contributed by atoms with Gasteiger partial charge in [0.1, 0.15) is 0 Å². The van der Waals surface area contributed by atoms with Crippen molar-refractivity contribution in [1.82, 2.24) is 4.98 Å². The van der Waals surface area contributed by atoms with E-state index in [1.807, 2.05) is 6.07 Å². The maximum absolute atomic E-state index is 4.72. The molecule has 2 aliphatic rings. The summed E-state index contributed by atoms with van der Waals surface area (Å²) in [5, 5.41) is 3.60. The van der Waals surface area contributed by atoms with Crippen LogP contribution in [-0.2, 0) is 0 Å². The second-order valence-electron chi connectivity index (χ2n) is 5.31. The minimum absolute atomic E-state index is 1.00. The lowest BCUT2D eigenvalue weighted by atomic mass is 10.0. The van der Waals surface area contributed by atoms with Crippen LogP contribution in [0, 0.1) is 0 Å². The number of H-pyrrole nitrogens is 1. The van der Waals surface area contributed by atoms with Crippen LogP contribution in [0.2, 0.25) is 0 Å². The van der Waals surface area contributed by atoms with Crippen molar-refractivity contribution in [2.45, 2.75) is 6.42 Å². The molecule has 0 amide bonds. The zero-order chi connectivity index (χ0) is 13.1. The van der Waals surface area contributed by atoms with E-state index in [4.69, 9.17) is 4.99 Å². The van der Waals surface area contributed by atoms with Crippen molar-refractivity contribution in [2.24, 2.45) is 4.99 Å². The minimum atomic E-state index is 1.00. The summed E-state index contributed by atoms with van der Waals surface area (Å²) in [5.74, 6) is 0. The Labute approximate surface area is 115 Å². The number of benzene rings is 2. The molecule has 94 valence electrons. The van der Waals surface area contributed by atoms with Gasteiger partial charge in [0, 0.05) is 27.4 Å². The quantitative estimate of drug-likeness (QED) is 0.500. The fourth-order valence-corrected chi connectivity index (χ4v) is 3.28. The van der Waals surface area contributed by atoms with E-state index >= 15 is 0 Å². The van der Waals surface area contributed by atoms with Crippen molar-refractivity contribution in [3.05, 3.63) is 58.7 Å². The standard InChI is InChI=1S/C18H12N2/c1-3-7-14-11(5-1)12-9-10-16-17(18(12)20-14)13-6-2-4-8-15(13)19-16/h1-2,4-10,20H,3H2. The zero-order valence-corrected chi connectivity index (χ0v) is 10.9. The second-order valence-corrected chi connectivity index (χ2v) is 5.31. The van der Waals surface area contributed by atoms with Gasteiger partial charge in [-0.1, -0.05) is 42.5 Å². The van der Waals surface area contributed by atoms with Gasteiger partial charge in [0.25, 0.3) is 0 Å². The molecule has 0 atom stereocenters. The molecule has 5 rings (SSSR count). The monoisotopic (exact) mass is 256 g/mol. The number of hydrogen-bond donors (Lipinski definition) is 1. The van der Waals surface area contributed by atoms with Crippen molar-refractivity contribution >= 4 is 28.7 Å². The van der Waals surface area contributed by atoms with Gasteiger partial charge in [-0.25, -0.2) is 4.99 Å². The Morgan fingerprint density at radius 2 is 2.00 bits per heavy atom. The molecule has 0 saturated heterocycles. The van der Waals surface area contributed by atoms with Crippen LogP contribution in [0.5, 0.6) is 0 Å². The van der Waals surface area contributed by atoms with Crippen LogP contribution in [0.15, 0.2) is 47.5 Å². The first-order valence-corrected chi connectivity index (χ1v) is 6.91. The third-order valence-electron chi connectivity index (χ3n) is 4.18. The summed E-state index contributed by atoms with van der Waals surface area (Å²) in [6.45, 7) is 0. The molecule has 0 fully saturated rings. The van der Waals surface area contributed by atoms with E-state index in [9.17, 15) is 0 Å². The second kappa shape index (κ2) is 3.48. The molecule has 1 N–H and O–H groups in total. The Morgan fingerprint density at radius 1 is 1.05 bits per heavy atom. The average Bonchev–Trinajstić information content (AvgIpc) is 3.04. The number of allylic oxidation sites excluding steroid dienone is 1. The number of hydrogen-bond acceptors (Lipinski definition) is 1. The highest BCUT2D eigenvalue weighted by Gasteiger charge is 2.18. The van der Waals surface area contributed by atoms with Crippen molar-refractivity contribution in [3.8, 4) is 11.1 Å². The van der Waals surface area contributed by atoms with Crippen LogP contribution in [0.4, 0.5) is 5.69 Å². The molecule has 0 bridgehead atoms. The summed E-state index contributed by atoms with van der Waals surface area (Å²) in [6.07, 6.45) is 7.68.